The number of fused-ring (bicyclic) bond motifs is 2. The Labute approximate surface area is 215 Å². The summed E-state index contributed by atoms with van der Waals surface area (Å²) in [7, 11) is -3.17. The third-order valence-electron chi connectivity index (χ3n) is 7.45. The number of benzene rings is 1. The molecule has 2 fully saturated rings. The number of halogens is 1. The number of hydrogen-bond donors (Lipinski definition) is 0. The molecule has 2 aliphatic heterocycles. The minimum Gasteiger partial charge on any atom is -0.341 e. The summed E-state index contributed by atoms with van der Waals surface area (Å²) in [5.41, 5.74) is 5.27. The van der Waals surface area contributed by atoms with E-state index in [4.69, 9.17) is 9.97 Å². The summed E-state index contributed by atoms with van der Waals surface area (Å²) < 4.78 is 41.6. The van der Waals surface area contributed by atoms with Crippen molar-refractivity contribution in [2.45, 2.75) is 32.2 Å². The van der Waals surface area contributed by atoms with Crippen LogP contribution in [0.3, 0.4) is 0 Å². The Kier molecular flexibility index (Phi) is 6.31. The highest BCUT2D eigenvalue weighted by molar-refractivity contribution is 7.88. The molecule has 0 unspecified atom stereocenters. The van der Waals surface area contributed by atoms with Crippen molar-refractivity contribution in [3.63, 3.8) is 0 Å². The Morgan fingerprint density at radius 3 is 2.56 bits per heavy atom. The van der Waals surface area contributed by atoms with Crippen LogP contribution in [0.5, 0.6) is 0 Å². The van der Waals surface area contributed by atoms with Gasteiger partial charge in [-0.15, -0.1) is 11.3 Å². The molecule has 4 heterocycles. The van der Waals surface area contributed by atoms with E-state index in [-0.39, 0.29) is 5.82 Å². The maximum atomic E-state index is 15.4. The van der Waals surface area contributed by atoms with Crippen molar-refractivity contribution in [3.05, 3.63) is 46.1 Å². The van der Waals surface area contributed by atoms with Crippen molar-refractivity contribution < 1.29 is 12.8 Å². The predicted octanol–water partition coefficient (Wildman–Crippen LogP) is 4.13. The Balaban J connectivity index is 1.41. The Bertz CT molecular complexity index is 1440. The van der Waals surface area contributed by atoms with E-state index in [1.54, 1.807) is 17.4 Å². The highest BCUT2D eigenvalue weighted by Crippen LogP contribution is 2.40. The largest absolute Gasteiger partial charge is 0.341 e. The predicted molar refractivity (Wildman–Crippen MR) is 143 cm³/mol. The molecular weight excluding hydrogens is 497 g/mol. The Hall–Kier alpha value is -2.40. The Morgan fingerprint density at radius 2 is 1.81 bits per heavy atom. The van der Waals surface area contributed by atoms with Crippen LogP contribution in [0.4, 0.5) is 10.3 Å². The Morgan fingerprint density at radius 1 is 1.03 bits per heavy atom. The lowest BCUT2D eigenvalue weighted by Gasteiger charge is -2.33. The first-order valence-electron chi connectivity index (χ1n) is 12.6. The SMILES string of the molecule is CS(=O)(=O)N1CCN(Cc2csc3c(-c4c(F)ccc5c4C=CC5)nc(N4CCCCC4)nc23)CC1. The second-order valence-electron chi connectivity index (χ2n) is 9.90. The summed E-state index contributed by atoms with van der Waals surface area (Å²) in [4.78, 5) is 14.5. The van der Waals surface area contributed by atoms with E-state index in [1.807, 2.05) is 12.1 Å². The fraction of sp³-hybridized carbons (Fsp3) is 0.462. The quantitative estimate of drug-likeness (QED) is 0.497. The molecule has 10 heteroatoms. The molecule has 0 saturated carbocycles. The molecule has 0 amide bonds. The van der Waals surface area contributed by atoms with Crippen LogP contribution in [0, 0.1) is 5.82 Å². The van der Waals surface area contributed by atoms with Gasteiger partial charge >= 0.3 is 0 Å². The lowest BCUT2D eigenvalue weighted by atomic mass is 9.99. The van der Waals surface area contributed by atoms with Crippen LogP contribution in [0.25, 0.3) is 27.6 Å². The molecule has 2 saturated heterocycles. The maximum absolute atomic E-state index is 15.4. The van der Waals surface area contributed by atoms with Gasteiger partial charge < -0.3 is 4.90 Å². The van der Waals surface area contributed by atoms with Gasteiger partial charge in [0, 0.05) is 56.9 Å². The number of thiophene rings is 1. The molecule has 1 aliphatic carbocycles. The minimum absolute atomic E-state index is 0.253. The molecule has 0 bridgehead atoms. The van der Waals surface area contributed by atoms with Gasteiger partial charge in [-0.25, -0.2) is 22.8 Å². The first kappa shape index (κ1) is 24.0. The van der Waals surface area contributed by atoms with Crippen LogP contribution in [-0.2, 0) is 23.0 Å². The fourth-order valence-electron chi connectivity index (χ4n) is 5.48. The van der Waals surface area contributed by atoms with Gasteiger partial charge in [0.25, 0.3) is 0 Å². The monoisotopic (exact) mass is 527 g/mol. The third kappa shape index (κ3) is 4.44. The average Bonchev–Trinajstić information content (AvgIpc) is 3.51. The molecule has 7 nitrogen and oxygen atoms in total. The number of anilines is 1. The zero-order chi connectivity index (χ0) is 24.9. The van der Waals surface area contributed by atoms with Crippen LogP contribution >= 0.6 is 11.3 Å². The minimum atomic E-state index is -3.17. The topological polar surface area (TPSA) is 69.6 Å². The first-order valence-corrected chi connectivity index (χ1v) is 15.3. The van der Waals surface area contributed by atoms with E-state index >= 15 is 4.39 Å². The molecule has 1 aromatic carbocycles. The van der Waals surface area contributed by atoms with E-state index in [1.165, 1.54) is 17.0 Å². The molecule has 3 aliphatic rings. The van der Waals surface area contributed by atoms with Crippen LogP contribution in [0.2, 0.25) is 0 Å². The fourth-order valence-corrected chi connectivity index (χ4v) is 7.30. The van der Waals surface area contributed by atoms with Gasteiger partial charge in [-0.05, 0) is 48.3 Å². The zero-order valence-corrected chi connectivity index (χ0v) is 22.0. The summed E-state index contributed by atoms with van der Waals surface area (Å²) >= 11 is 1.57. The summed E-state index contributed by atoms with van der Waals surface area (Å²) in [5, 5.41) is 2.11. The van der Waals surface area contributed by atoms with Crippen molar-refractivity contribution in [2.24, 2.45) is 0 Å². The van der Waals surface area contributed by atoms with Gasteiger partial charge in [-0.3, -0.25) is 4.90 Å². The number of hydrogen-bond acceptors (Lipinski definition) is 7. The zero-order valence-electron chi connectivity index (χ0n) is 20.4. The lowest BCUT2D eigenvalue weighted by molar-refractivity contribution is 0.183. The van der Waals surface area contributed by atoms with Gasteiger partial charge in [0.05, 0.1) is 22.2 Å². The highest BCUT2D eigenvalue weighted by Gasteiger charge is 2.27. The van der Waals surface area contributed by atoms with E-state index < -0.39 is 10.0 Å². The number of aromatic nitrogens is 2. The highest BCUT2D eigenvalue weighted by atomic mass is 32.2. The van der Waals surface area contributed by atoms with Crippen molar-refractivity contribution in [3.8, 4) is 11.3 Å². The summed E-state index contributed by atoms with van der Waals surface area (Å²) in [6.07, 6.45) is 9.59. The molecule has 0 spiro atoms. The van der Waals surface area contributed by atoms with E-state index in [0.29, 0.717) is 49.9 Å². The van der Waals surface area contributed by atoms with Crippen LogP contribution in [0.1, 0.15) is 36.0 Å². The van der Waals surface area contributed by atoms with Gasteiger partial charge in [-0.1, -0.05) is 18.2 Å². The molecule has 0 radical (unpaired) electrons. The number of nitrogens with zero attached hydrogens (tertiary/aromatic N) is 5. The summed E-state index contributed by atoms with van der Waals surface area (Å²) in [6.45, 7) is 4.84. The molecule has 0 N–H and O–H groups in total. The molecule has 3 aromatic rings. The third-order valence-corrected chi connectivity index (χ3v) is 9.78. The van der Waals surface area contributed by atoms with Gasteiger partial charge in [0.2, 0.25) is 16.0 Å². The number of piperazine rings is 1. The molecule has 2 aromatic heterocycles. The number of allylic oxidation sites excluding steroid dienone is 1. The van der Waals surface area contributed by atoms with Crippen molar-refractivity contribution in [2.75, 3.05) is 50.4 Å². The van der Waals surface area contributed by atoms with Gasteiger partial charge in [0.1, 0.15) is 5.82 Å². The van der Waals surface area contributed by atoms with Crippen LogP contribution in [-0.4, -0.2) is 73.1 Å². The average molecular weight is 528 g/mol. The van der Waals surface area contributed by atoms with E-state index in [2.05, 4.69) is 21.3 Å². The summed E-state index contributed by atoms with van der Waals surface area (Å²) in [5.74, 6) is 0.425. The standard InChI is InChI=1S/C26H30FN5O2S2/c1-36(33,34)32-14-12-30(13-15-32)16-19-17-35-25-23(19)28-26(31-10-3-2-4-11-31)29-24(25)22-20-7-5-6-18(20)8-9-21(22)27/h5,7-9,17H,2-4,6,10-16H2,1H3. The van der Waals surface area contributed by atoms with Crippen molar-refractivity contribution in [1.29, 1.82) is 0 Å². The molecular formula is C26H30FN5O2S2. The van der Waals surface area contributed by atoms with E-state index in [9.17, 15) is 8.42 Å². The maximum Gasteiger partial charge on any atom is 0.226 e. The van der Waals surface area contributed by atoms with Crippen LogP contribution < -0.4 is 4.90 Å². The van der Waals surface area contributed by atoms with Gasteiger partial charge in [0.15, 0.2) is 0 Å². The molecule has 190 valence electrons. The number of piperidine rings is 1. The lowest BCUT2D eigenvalue weighted by Crippen LogP contribution is -2.47. The number of rotatable bonds is 5. The molecule has 36 heavy (non-hydrogen) atoms. The summed E-state index contributed by atoms with van der Waals surface area (Å²) in [6, 6.07) is 3.43. The van der Waals surface area contributed by atoms with Gasteiger partial charge in [-0.2, -0.15) is 4.31 Å². The molecule has 6 rings (SSSR count). The second kappa shape index (κ2) is 9.48. The first-order chi connectivity index (χ1) is 17.4. The molecule has 0 atom stereocenters. The van der Waals surface area contributed by atoms with E-state index in [0.717, 1.165) is 59.3 Å². The normalized spacial score (nSPS) is 19.3. The smallest absolute Gasteiger partial charge is 0.226 e. The van der Waals surface area contributed by atoms with Crippen molar-refractivity contribution >= 4 is 43.6 Å². The van der Waals surface area contributed by atoms with Crippen LogP contribution in [0.15, 0.2) is 23.6 Å². The second-order valence-corrected chi connectivity index (χ2v) is 12.8. The number of sulfonamides is 1. The van der Waals surface area contributed by atoms with Crippen molar-refractivity contribution in [1.82, 2.24) is 19.2 Å².